The van der Waals surface area contributed by atoms with Gasteiger partial charge >= 0.3 is 0 Å². The maximum Gasteiger partial charge on any atom is 0.170 e. The Bertz CT molecular complexity index is 321. The van der Waals surface area contributed by atoms with Gasteiger partial charge in [0.2, 0.25) is 0 Å². The molecular weight excluding hydrogens is 180 g/mol. The highest BCUT2D eigenvalue weighted by Gasteiger charge is 1.96. The average molecular weight is 194 g/mol. The number of aryl methyl sites for hydroxylation is 2. The molecule has 70 valence electrons. The molecule has 0 aliphatic carbocycles. The zero-order chi connectivity index (χ0) is 9.84. The highest BCUT2D eigenvalue weighted by Crippen LogP contribution is 2.13. The molecule has 0 saturated carbocycles. The number of benzene rings is 1. The van der Waals surface area contributed by atoms with Crippen LogP contribution < -0.4 is 10.6 Å². The molecule has 1 aromatic rings. The summed E-state index contributed by atoms with van der Waals surface area (Å²) >= 11 is 4.99. The van der Waals surface area contributed by atoms with Crippen LogP contribution in [0.3, 0.4) is 0 Å². The molecule has 1 aromatic carbocycles. The third kappa shape index (κ3) is 2.70. The summed E-state index contributed by atoms with van der Waals surface area (Å²) in [6, 6.07) is 6.18. The average Bonchev–Trinajstić information content (AvgIpc) is 2.11. The highest BCUT2D eigenvalue weighted by atomic mass is 32.1. The van der Waals surface area contributed by atoms with E-state index in [0.29, 0.717) is 5.11 Å². The Balaban J connectivity index is 2.79. The normalized spacial score (nSPS) is 9.46. The van der Waals surface area contributed by atoms with Crippen LogP contribution in [0.25, 0.3) is 0 Å². The molecule has 1 rings (SSSR count). The number of rotatable bonds is 1. The second kappa shape index (κ2) is 4.23. The van der Waals surface area contributed by atoms with E-state index < -0.39 is 0 Å². The van der Waals surface area contributed by atoms with E-state index >= 15 is 0 Å². The summed E-state index contributed by atoms with van der Waals surface area (Å²) in [5.74, 6) is 0. The molecule has 0 aliphatic rings. The van der Waals surface area contributed by atoms with Crippen molar-refractivity contribution in [2.75, 3.05) is 12.4 Å². The van der Waals surface area contributed by atoms with Gasteiger partial charge in [0.25, 0.3) is 0 Å². The fraction of sp³-hybridized carbons (Fsp3) is 0.300. The first kappa shape index (κ1) is 9.99. The standard InChI is InChI=1S/C10H14N2S/c1-7-4-5-9(6-8(7)2)12-10(13)11-3/h4-6H,1-3H3,(H2,11,12,13). The van der Waals surface area contributed by atoms with Crippen LogP contribution in [0.4, 0.5) is 5.69 Å². The number of hydrogen-bond donors (Lipinski definition) is 2. The molecule has 0 amide bonds. The summed E-state index contributed by atoms with van der Waals surface area (Å²) in [6.07, 6.45) is 0. The van der Waals surface area contributed by atoms with Crippen LogP contribution in [0.1, 0.15) is 11.1 Å². The number of anilines is 1. The summed E-state index contributed by atoms with van der Waals surface area (Å²) in [6.45, 7) is 4.18. The molecular formula is C10H14N2S. The Morgan fingerprint density at radius 1 is 1.23 bits per heavy atom. The first-order valence-corrected chi connectivity index (χ1v) is 4.60. The van der Waals surface area contributed by atoms with E-state index in [9.17, 15) is 0 Å². The van der Waals surface area contributed by atoms with Crippen LogP contribution in [0.2, 0.25) is 0 Å². The van der Waals surface area contributed by atoms with Crippen molar-refractivity contribution in [3.05, 3.63) is 29.3 Å². The monoisotopic (exact) mass is 194 g/mol. The fourth-order valence-corrected chi connectivity index (χ4v) is 1.13. The smallest absolute Gasteiger partial charge is 0.170 e. The van der Waals surface area contributed by atoms with E-state index in [1.165, 1.54) is 11.1 Å². The lowest BCUT2D eigenvalue weighted by Gasteiger charge is -2.08. The maximum absolute atomic E-state index is 4.99. The molecule has 0 aromatic heterocycles. The molecule has 0 heterocycles. The van der Waals surface area contributed by atoms with Crippen LogP contribution in [-0.2, 0) is 0 Å². The molecule has 0 unspecified atom stereocenters. The lowest BCUT2D eigenvalue weighted by Crippen LogP contribution is -2.24. The van der Waals surface area contributed by atoms with Crippen LogP contribution in [0.15, 0.2) is 18.2 Å². The van der Waals surface area contributed by atoms with Gasteiger partial charge in [-0.25, -0.2) is 0 Å². The minimum Gasteiger partial charge on any atom is -0.366 e. The zero-order valence-electron chi connectivity index (χ0n) is 8.14. The molecule has 2 N–H and O–H groups in total. The van der Waals surface area contributed by atoms with Crippen LogP contribution in [0, 0.1) is 13.8 Å². The molecule has 0 atom stereocenters. The van der Waals surface area contributed by atoms with Gasteiger partial charge in [0.15, 0.2) is 5.11 Å². The first-order chi connectivity index (χ1) is 6.13. The number of hydrogen-bond acceptors (Lipinski definition) is 1. The predicted octanol–water partition coefficient (Wildman–Crippen LogP) is 2.22. The Labute approximate surface area is 84.3 Å². The van der Waals surface area contributed by atoms with E-state index in [4.69, 9.17) is 12.2 Å². The second-order valence-corrected chi connectivity index (χ2v) is 3.41. The maximum atomic E-state index is 4.99. The summed E-state index contributed by atoms with van der Waals surface area (Å²) < 4.78 is 0. The summed E-state index contributed by atoms with van der Waals surface area (Å²) in [7, 11) is 1.80. The van der Waals surface area contributed by atoms with Gasteiger partial charge in [0.1, 0.15) is 0 Å². The Kier molecular flexibility index (Phi) is 3.25. The summed E-state index contributed by atoms with van der Waals surface area (Å²) in [5, 5.41) is 6.59. The summed E-state index contributed by atoms with van der Waals surface area (Å²) in [5.41, 5.74) is 3.59. The van der Waals surface area contributed by atoms with Crippen molar-refractivity contribution >= 4 is 23.0 Å². The van der Waals surface area contributed by atoms with Crippen LogP contribution >= 0.6 is 12.2 Å². The summed E-state index contributed by atoms with van der Waals surface area (Å²) in [4.78, 5) is 0. The van der Waals surface area contributed by atoms with Crippen LogP contribution in [0.5, 0.6) is 0 Å². The lowest BCUT2D eigenvalue weighted by molar-refractivity contribution is 1.19. The molecule has 0 aliphatic heterocycles. The van der Waals surface area contributed by atoms with Gasteiger partial charge in [0, 0.05) is 12.7 Å². The molecule has 0 spiro atoms. The molecule has 2 nitrogen and oxygen atoms in total. The van der Waals surface area contributed by atoms with E-state index in [1.807, 2.05) is 6.07 Å². The number of thiocarbonyl (C=S) groups is 1. The van der Waals surface area contributed by atoms with Gasteiger partial charge in [-0.3, -0.25) is 0 Å². The van der Waals surface area contributed by atoms with Crippen molar-refractivity contribution in [1.82, 2.24) is 5.32 Å². The van der Waals surface area contributed by atoms with E-state index in [0.717, 1.165) is 5.69 Å². The topological polar surface area (TPSA) is 24.1 Å². The second-order valence-electron chi connectivity index (χ2n) is 3.00. The Morgan fingerprint density at radius 3 is 2.46 bits per heavy atom. The molecule has 3 heteroatoms. The van der Waals surface area contributed by atoms with Gasteiger partial charge in [-0.05, 0) is 49.3 Å². The highest BCUT2D eigenvalue weighted by molar-refractivity contribution is 7.80. The van der Waals surface area contributed by atoms with E-state index in [2.05, 4.69) is 36.6 Å². The quantitative estimate of drug-likeness (QED) is 0.670. The van der Waals surface area contributed by atoms with Crippen LogP contribution in [-0.4, -0.2) is 12.2 Å². The third-order valence-corrected chi connectivity index (χ3v) is 2.30. The third-order valence-electron chi connectivity index (χ3n) is 1.99. The minimum atomic E-state index is 0.642. The van der Waals surface area contributed by atoms with Crippen molar-refractivity contribution in [2.24, 2.45) is 0 Å². The van der Waals surface area contributed by atoms with Gasteiger partial charge < -0.3 is 10.6 Å². The first-order valence-electron chi connectivity index (χ1n) is 4.19. The van der Waals surface area contributed by atoms with Gasteiger partial charge in [-0.2, -0.15) is 0 Å². The molecule has 0 saturated heterocycles. The fourth-order valence-electron chi connectivity index (χ4n) is 1.01. The largest absolute Gasteiger partial charge is 0.366 e. The van der Waals surface area contributed by atoms with Crippen molar-refractivity contribution in [1.29, 1.82) is 0 Å². The number of nitrogens with one attached hydrogen (secondary N) is 2. The van der Waals surface area contributed by atoms with Crippen molar-refractivity contribution < 1.29 is 0 Å². The molecule has 0 bridgehead atoms. The van der Waals surface area contributed by atoms with Crippen molar-refractivity contribution in [3.63, 3.8) is 0 Å². The zero-order valence-corrected chi connectivity index (χ0v) is 8.96. The minimum absolute atomic E-state index is 0.642. The van der Waals surface area contributed by atoms with Gasteiger partial charge in [0.05, 0.1) is 0 Å². The Hall–Kier alpha value is -1.09. The predicted molar refractivity (Wildman–Crippen MR) is 61.2 cm³/mol. The molecule has 0 radical (unpaired) electrons. The molecule has 13 heavy (non-hydrogen) atoms. The molecule has 0 fully saturated rings. The van der Waals surface area contributed by atoms with E-state index in [1.54, 1.807) is 7.05 Å². The van der Waals surface area contributed by atoms with E-state index in [-0.39, 0.29) is 0 Å². The van der Waals surface area contributed by atoms with Gasteiger partial charge in [-0.1, -0.05) is 6.07 Å². The van der Waals surface area contributed by atoms with Gasteiger partial charge in [-0.15, -0.1) is 0 Å². The van der Waals surface area contributed by atoms with Crippen molar-refractivity contribution in [2.45, 2.75) is 13.8 Å². The lowest BCUT2D eigenvalue weighted by atomic mass is 10.1. The van der Waals surface area contributed by atoms with Crippen molar-refractivity contribution in [3.8, 4) is 0 Å². The SMILES string of the molecule is CNC(=S)Nc1ccc(C)c(C)c1. The Morgan fingerprint density at radius 2 is 1.92 bits per heavy atom.